The zero-order chi connectivity index (χ0) is 15.5. The minimum absolute atomic E-state index is 0.203. The molecule has 22 heavy (non-hydrogen) atoms. The van der Waals surface area contributed by atoms with Gasteiger partial charge >= 0.3 is 0 Å². The number of hydrogen-bond donors (Lipinski definition) is 1. The molecule has 2 aromatic rings. The van der Waals surface area contributed by atoms with Gasteiger partial charge in [-0.1, -0.05) is 30.3 Å². The number of rotatable bonds is 5. The summed E-state index contributed by atoms with van der Waals surface area (Å²) in [7, 11) is 0. The molecule has 1 aliphatic rings. The van der Waals surface area contributed by atoms with Crippen molar-refractivity contribution in [1.82, 2.24) is 0 Å². The van der Waals surface area contributed by atoms with Gasteiger partial charge in [-0.3, -0.25) is 0 Å². The third-order valence-electron chi connectivity index (χ3n) is 4.39. The van der Waals surface area contributed by atoms with Crippen molar-refractivity contribution in [2.75, 3.05) is 18.1 Å². The number of nitrogens with two attached hydrogens (primary N) is 1. The van der Waals surface area contributed by atoms with Gasteiger partial charge in [0.25, 0.3) is 0 Å². The second-order valence-corrected chi connectivity index (χ2v) is 5.84. The standard InChI is InChI=1S/C19H24N2O/c1-3-22-17-10-8-15(9-11-17)19(13-20)21-14(2)12-16-6-4-5-7-18(16)21/h4-11,14,19H,3,12-13,20H2,1-2H3. The predicted octanol–water partition coefficient (Wildman–Crippen LogP) is 3.54. The van der Waals surface area contributed by atoms with Crippen LogP contribution < -0.4 is 15.4 Å². The summed E-state index contributed by atoms with van der Waals surface area (Å²) in [5, 5.41) is 0. The summed E-state index contributed by atoms with van der Waals surface area (Å²) in [6.45, 7) is 5.57. The highest BCUT2D eigenvalue weighted by molar-refractivity contribution is 5.61. The van der Waals surface area contributed by atoms with E-state index >= 15 is 0 Å². The van der Waals surface area contributed by atoms with Gasteiger partial charge in [-0.05, 0) is 49.6 Å². The first-order valence-corrected chi connectivity index (χ1v) is 8.03. The second-order valence-electron chi connectivity index (χ2n) is 5.84. The highest BCUT2D eigenvalue weighted by Gasteiger charge is 2.31. The Labute approximate surface area is 132 Å². The molecule has 0 aliphatic carbocycles. The minimum Gasteiger partial charge on any atom is -0.494 e. The number of para-hydroxylation sites is 1. The molecular weight excluding hydrogens is 272 g/mol. The molecule has 1 aliphatic heterocycles. The maximum absolute atomic E-state index is 6.13. The van der Waals surface area contributed by atoms with Crippen LogP contribution in [-0.2, 0) is 6.42 Å². The van der Waals surface area contributed by atoms with Crippen LogP contribution in [0.5, 0.6) is 5.75 Å². The van der Waals surface area contributed by atoms with E-state index in [1.807, 2.05) is 19.1 Å². The molecule has 0 bridgehead atoms. The van der Waals surface area contributed by atoms with E-state index in [9.17, 15) is 0 Å². The number of fused-ring (bicyclic) bond motifs is 1. The van der Waals surface area contributed by atoms with Crippen LogP contribution >= 0.6 is 0 Å². The summed E-state index contributed by atoms with van der Waals surface area (Å²) in [6.07, 6.45) is 1.09. The molecule has 3 nitrogen and oxygen atoms in total. The first-order chi connectivity index (χ1) is 10.7. The van der Waals surface area contributed by atoms with Gasteiger partial charge in [0.15, 0.2) is 0 Å². The van der Waals surface area contributed by atoms with Crippen molar-refractivity contribution in [3.63, 3.8) is 0 Å². The molecule has 3 heteroatoms. The Hall–Kier alpha value is -2.00. The van der Waals surface area contributed by atoms with E-state index in [4.69, 9.17) is 10.5 Å². The SMILES string of the molecule is CCOc1ccc(C(CN)N2c3ccccc3CC2C)cc1. The quantitative estimate of drug-likeness (QED) is 0.917. The van der Waals surface area contributed by atoms with Crippen molar-refractivity contribution < 1.29 is 4.74 Å². The molecule has 1 heterocycles. The average Bonchev–Trinajstić information content (AvgIpc) is 2.87. The molecule has 2 N–H and O–H groups in total. The lowest BCUT2D eigenvalue weighted by Crippen LogP contribution is -2.37. The molecule has 0 saturated carbocycles. The van der Waals surface area contributed by atoms with Crippen molar-refractivity contribution in [1.29, 1.82) is 0 Å². The zero-order valence-corrected chi connectivity index (χ0v) is 13.3. The lowest BCUT2D eigenvalue weighted by atomic mass is 10.0. The summed E-state index contributed by atoms with van der Waals surface area (Å²) in [4.78, 5) is 2.46. The van der Waals surface area contributed by atoms with E-state index in [1.54, 1.807) is 0 Å². The van der Waals surface area contributed by atoms with Crippen LogP contribution in [0.3, 0.4) is 0 Å². The average molecular weight is 296 g/mol. The van der Waals surface area contributed by atoms with Crippen molar-refractivity contribution in [3.8, 4) is 5.75 Å². The van der Waals surface area contributed by atoms with E-state index in [1.165, 1.54) is 16.8 Å². The van der Waals surface area contributed by atoms with Gasteiger partial charge in [-0.25, -0.2) is 0 Å². The molecular formula is C19H24N2O. The predicted molar refractivity (Wildman–Crippen MR) is 91.5 cm³/mol. The third-order valence-corrected chi connectivity index (χ3v) is 4.39. The number of hydrogen-bond acceptors (Lipinski definition) is 3. The summed E-state index contributed by atoms with van der Waals surface area (Å²) >= 11 is 0. The fraction of sp³-hybridized carbons (Fsp3) is 0.368. The maximum Gasteiger partial charge on any atom is 0.119 e. The Kier molecular flexibility index (Phi) is 4.34. The van der Waals surface area contributed by atoms with E-state index in [2.05, 4.69) is 48.2 Å². The van der Waals surface area contributed by atoms with Crippen LogP contribution in [0.1, 0.15) is 31.0 Å². The number of ether oxygens (including phenoxy) is 1. The van der Waals surface area contributed by atoms with Crippen molar-refractivity contribution in [3.05, 3.63) is 59.7 Å². The minimum atomic E-state index is 0.203. The summed E-state index contributed by atoms with van der Waals surface area (Å²) in [5.74, 6) is 0.914. The fourth-order valence-corrected chi connectivity index (χ4v) is 3.43. The first-order valence-electron chi connectivity index (χ1n) is 8.03. The molecule has 0 fully saturated rings. The molecule has 2 atom stereocenters. The molecule has 0 spiro atoms. The van der Waals surface area contributed by atoms with Crippen LogP contribution in [0.15, 0.2) is 48.5 Å². The number of benzene rings is 2. The number of nitrogens with zero attached hydrogens (tertiary/aromatic N) is 1. The molecule has 2 aromatic carbocycles. The van der Waals surface area contributed by atoms with Crippen LogP contribution in [0, 0.1) is 0 Å². The van der Waals surface area contributed by atoms with Gasteiger partial charge < -0.3 is 15.4 Å². The van der Waals surface area contributed by atoms with Crippen molar-refractivity contribution in [2.24, 2.45) is 5.73 Å². The molecule has 0 radical (unpaired) electrons. The summed E-state index contributed by atoms with van der Waals surface area (Å²) in [6, 6.07) is 17.7. The largest absolute Gasteiger partial charge is 0.494 e. The topological polar surface area (TPSA) is 38.5 Å². The summed E-state index contributed by atoms with van der Waals surface area (Å²) in [5.41, 5.74) is 10.1. The molecule has 0 saturated heterocycles. The lowest BCUT2D eigenvalue weighted by molar-refractivity contribution is 0.340. The van der Waals surface area contributed by atoms with E-state index in [-0.39, 0.29) is 6.04 Å². The molecule has 3 rings (SSSR count). The van der Waals surface area contributed by atoms with Crippen LogP contribution in [0.25, 0.3) is 0 Å². The Morgan fingerprint density at radius 1 is 1.18 bits per heavy atom. The highest BCUT2D eigenvalue weighted by atomic mass is 16.5. The van der Waals surface area contributed by atoms with Gasteiger partial charge in [0.1, 0.15) is 5.75 Å². The maximum atomic E-state index is 6.13. The highest BCUT2D eigenvalue weighted by Crippen LogP contribution is 2.38. The molecule has 0 amide bonds. The Bertz CT molecular complexity index is 624. The lowest BCUT2D eigenvalue weighted by Gasteiger charge is -2.34. The zero-order valence-electron chi connectivity index (χ0n) is 13.3. The van der Waals surface area contributed by atoms with Gasteiger partial charge in [0.05, 0.1) is 12.6 Å². The Morgan fingerprint density at radius 2 is 1.91 bits per heavy atom. The van der Waals surface area contributed by atoms with Crippen LogP contribution in [0.2, 0.25) is 0 Å². The van der Waals surface area contributed by atoms with Gasteiger partial charge in [0, 0.05) is 18.3 Å². The van der Waals surface area contributed by atoms with Gasteiger partial charge in [0.2, 0.25) is 0 Å². The molecule has 2 unspecified atom stereocenters. The summed E-state index contributed by atoms with van der Waals surface area (Å²) < 4.78 is 5.53. The van der Waals surface area contributed by atoms with Crippen LogP contribution in [0.4, 0.5) is 5.69 Å². The Morgan fingerprint density at radius 3 is 2.59 bits per heavy atom. The Balaban J connectivity index is 1.91. The fourth-order valence-electron chi connectivity index (χ4n) is 3.43. The molecule has 116 valence electrons. The first kappa shape index (κ1) is 14.9. The number of anilines is 1. The van der Waals surface area contributed by atoms with Gasteiger partial charge in [-0.2, -0.15) is 0 Å². The van der Waals surface area contributed by atoms with E-state index in [0.29, 0.717) is 19.2 Å². The normalized spacial score (nSPS) is 18.1. The second kappa shape index (κ2) is 6.41. The van der Waals surface area contributed by atoms with E-state index < -0.39 is 0 Å². The van der Waals surface area contributed by atoms with Crippen LogP contribution in [-0.4, -0.2) is 19.2 Å². The van der Waals surface area contributed by atoms with E-state index in [0.717, 1.165) is 12.2 Å². The smallest absolute Gasteiger partial charge is 0.119 e. The van der Waals surface area contributed by atoms with Gasteiger partial charge in [-0.15, -0.1) is 0 Å². The molecule has 0 aromatic heterocycles. The van der Waals surface area contributed by atoms with Crippen molar-refractivity contribution >= 4 is 5.69 Å². The third kappa shape index (κ3) is 2.69. The monoisotopic (exact) mass is 296 g/mol. The van der Waals surface area contributed by atoms with Crippen molar-refractivity contribution in [2.45, 2.75) is 32.4 Å².